The van der Waals surface area contributed by atoms with Crippen LogP contribution in [0.1, 0.15) is 16.1 Å². The molecule has 2 N–H and O–H groups in total. The number of carboxylic acid groups (broad SMARTS) is 1. The zero-order valence-electron chi connectivity index (χ0n) is 16.6. The molecule has 6 heteroatoms. The van der Waals surface area contributed by atoms with Gasteiger partial charge in [-0.15, -0.1) is 11.3 Å². The van der Waals surface area contributed by atoms with Crippen molar-refractivity contribution in [2.75, 3.05) is 0 Å². The Morgan fingerprint density at radius 3 is 2.61 bits per heavy atom. The van der Waals surface area contributed by atoms with Crippen LogP contribution in [0.5, 0.6) is 0 Å². The molecule has 3 aromatic carbocycles. The number of carboxylic acids is 1. The van der Waals surface area contributed by atoms with Gasteiger partial charge in [-0.3, -0.25) is 4.79 Å². The molecule has 0 saturated heterocycles. The predicted molar refractivity (Wildman–Crippen MR) is 124 cm³/mol. The Morgan fingerprint density at radius 1 is 0.968 bits per heavy atom. The van der Waals surface area contributed by atoms with Gasteiger partial charge in [-0.05, 0) is 46.5 Å². The van der Waals surface area contributed by atoms with E-state index in [1.807, 2.05) is 54.6 Å². The molecular formula is C25H20N2O3S. The van der Waals surface area contributed by atoms with Crippen molar-refractivity contribution in [3.05, 3.63) is 95.0 Å². The second kappa shape index (κ2) is 9.36. The molecule has 0 unspecified atom stereocenters. The molecule has 5 nitrogen and oxygen atoms in total. The van der Waals surface area contributed by atoms with Crippen molar-refractivity contribution in [3.63, 3.8) is 0 Å². The van der Waals surface area contributed by atoms with E-state index in [9.17, 15) is 9.59 Å². The van der Waals surface area contributed by atoms with Crippen LogP contribution in [-0.4, -0.2) is 22.0 Å². The number of hydrogen-bond acceptors (Lipinski definition) is 4. The molecule has 31 heavy (non-hydrogen) atoms. The lowest BCUT2D eigenvalue weighted by molar-refractivity contribution is -0.131. The molecule has 0 fully saturated rings. The number of nitrogens with one attached hydrogen (secondary N) is 1. The summed E-state index contributed by atoms with van der Waals surface area (Å²) >= 11 is 1.53. The Kier molecular flexibility index (Phi) is 6.19. The molecule has 0 spiro atoms. The first-order chi connectivity index (χ1) is 15.1. The fraction of sp³-hybridized carbons (Fsp3) is 0.0800. The largest absolute Gasteiger partial charge is 0.478 e. The van der Waals surface area contributed by atoms with Crippen molar-refractivity contribution in [1.82, 2.24) is 10.3 Å². The van der Waals surface area contributed by atoms with Gasteiger partial charge in [-0.25, -0.2) is 9.78 Å². The summed E-state index contributed by atoms with van der Waals surface area (Å²) in [5, 5.41) is 12.4. The molecule has 0 saturated carbocycles. The molecule has 4 aromatic rings. The fourth-order valence-corrected chi connectivity index (χ4v) is 4.24. The Balaban J connectivity index is 1.39. The molecule has 4 rings (SSSR count). The third-order valence-electron chi connectivity index (χ3n) is 4.71. The highest BCUT2D eigenvalue weighted by Crippen LogP contribution is 2.28. The molecule has 0 atom stereocenters. The van der Waals surface area contributed by atoms with E-state index in [4.69, 9.17) is 5.11 Å². The Hall–Kier alpha value is -3.77. The van der Waals surface area contributed by atoms with Crippen molar-refractivity contribution in [3.8, 4) is 11.1 Å². The van der Waals surface area contributed by atoms with Crippen LogP contribution in [0.2, 0.25) is 0 Å². The van der Waals surface area contributed by atoms with E-state index in [0.29, 0.717) is 6.54 Å². The number of benzene rings is 3. The van der Waals surface area contributed by atoms with E-state index < -0.39 is 5.97 Å². The summed E-state index contributed by atoms with van der Waals surface area (Å²) in [5.41, 5.74) is 4.85. The number of thiazole rings is 1. The van der Waals surface area contributed by atoms with Crippen LogP contribution in [-0.2, 0) is 22.6 Å². The number of amides is 1. The summed E-state index contributed by atoms with van der Waals surface area (Å²) in [6.45, 7) is 0.372. The molecule has 1 aromatic heterocycles. The van der Waals surface area contributed by atoms with Gasteiger partial charge in [-0.1, -0.05) is 54.6 Å². The minimum Gasteiger partial charge on any atom is -0.478 e. The van der Waals surface area contributed by atoms with Crippen molar-refractivity contribution >= 4 is 39.5 Å². The summed E-state index contributed by atoms with van der Waals surface area (Å²) in [6.07, 6.45) is 2.84. The van der Waals surface area contributed by atoms with Gasteiger partial charge >= 0.3 is 5.97 Å². The van der Waals surface area contributed by atoms with Gasteiger partial charge in [0.25, 0.3) is 0 Å². The van der Waals surface area contributed by atoms with E-state index in [-0.39, 0.29) is 12.3 Å². The number of hydrogen-bond donors (Lipinski definition) is 2. The lowest BCUT2D eigenvalue weighted by Gasteiger charge is -2.05. The third-order valence-corrected chi connectivity index (χ3v) is 5.73. The minimum absolute atomic E-state index is 0.103. The molecule has 0 bridgehead atoms. The number of carbonyl (C=O) groups excluding carboxylic acids is 1. The maximum atomic E-state index is 12.4. The average molecular weight is 429 g/mol. The van der Waals surface area contributed by atoms with Crippen LogP contribution in [0.4, 0.5) is 0 Å². The first-order valence-electron chi connectivity index (χ1n) is 9.78. The zero-order valence-corrected chi connectivity index (χ0v) is 17.4. The maximum absolute atomic E-state index is 12.4. The first-order valence-corrected chi connectivity index (χ1v) is 10.6. The quantitative estimate of drug-likeness (QED) is 0.410. The molecule has 0 radical (unpaired) electrons. The van der Waals surface area contributed by atoms with Crippen LogP contribution in [0.25, 0.3) is 27.4 Å². The molecule has 0 aliphatic carbocycles. The summed E-state index contributed by atoms with van der Waals surface area (Å²) in [6, 6.07) is 23.7. The van der Waals surface area contributed by atoms with E-state index in [0.717, 1.165) is 43.6 Å². The number of fused-ring (bicyclic) bond motifs is 1. The van der Waals surface area contributed by atoms with Gasteiger partial charge in [-0.2, -0.15) is 0 Å². The normalized spacial score (nSPS) is 11.1. The SMILES string of the molecule is O=C(O)/C=C/c1cccc(CNC(=O)Cc2nc3ccc(-c4ccccc4)cc3s2)c1. The lowest BCUT2D eigenvalue weighted by atomic mass is 10.1. The smallest absolute Gasteiger partial charge is 0.328 e. The molecule has 1 amide bonds. The van der Waals surface area contributed by atoms with E-state index in [2.05, 4.69) is 28.5 Å². The number of rotatable bonds is 7. The lowest BCUT2D eigenvalue weighted by Crippen LogP contribution is -2.24. The Labute approximate surface area is 183 Å². The highest BCUT2D eigenvalue weighted by Gasteiger charge is 2.10. The summed E-state index contributed by atoms with van der Waals surface area (Å²) in [4.78, 5) is 27.7. The van der Waals surface area contributed by atoms with Crippen LogP contribution < -0.4 is 5.32 Å². The third kappa shape index (κ3) is 5.43. The summed E-state index contributed by atoms with van der Waals surface area (Å²) < 4.78 is 1.06. The van der Waals surface area contributed by atoms with Crippen molar-refractivity contribution in [2.45, 2.75) is 13.0 Å². The number of carbonyl (C=O) groups is 2. The van der Waals surface area contributed by atoms with E-state index in [1.165, 1.54) is 17.4 Å². The Morgan fingerprint density at radius 2 is 1.81 bits per heavy atom. The highest BCUT2D eigenvalue weighted by molar-refractivity contribution is 7.18. The second-order valence-corrected chi connectivity index (χ2v) is 8.14. The van der Waals surface area contributed by atoms with Crippen molar-refractivity contribution in [2.24, 2.45) is 0 Å². The molecule has 1 heterocycles. The number of aliphatic carboxylic acids is 1. The molecule has 0 aliphatic rings. The molecule has 154 valence electrons. The zero-order chi connectivity index (χ0) is 21.6. The average Bonchev–Trinajstić information content (AvgIpc) is 3.18. The van der Waals surface area contributed by atoms with E-state index >= 15 is 0 Å². The first kappa shape index (κ1) is 20.5. The van der Waals surface area contributed by atoms with E-state index in [1.54, 1.807) is 0 Å². The van der Waals surface area contributed by atoms with Crippen LogP contribution in [0.3, 0.4) is 0 Å². The van der Waals surface area contributed by atoms with Crippen LogP contribution >= 0.6 is 11.3 Å². The minimum atomic E-state index is -0.995. The molecular weight excluding hydrogens is 408 g/mol. The van der Waals surface area contributed by atoms with Gasteiger partial charge in [0.05, 0.1) is 16.6 Å². The van der Waals surface area contributed by atoms with Crippen molar-refractivity contribution < 1.29 is 14.7 Å². The fourth-order valence-electron chi connectivity index (χ4n) is 3.23. The maximum Gasteiger partial charge on any atom is 0.328 e. The molecule has 0 aliphatic heterocycles. The van der Waals surface area contributed by atoms with Gasteiger partial charge in [0.1, 0.15) is 5.01 Å². The van der Waals surface area contributed by atoms with Crippen LogP contribution in [0, 0.1) is 0 Å². The predicted octanol–water partition coefficient (Wildman–Crippen LogP) is 4.92. The van der Waals surface area contributed by atoms with Gasteiger partial charge in [0, 0.05) is 12.6 Å². The van der Waals surface area contributed by atoms with Gasteiger partial charge in [0.15, 0.2) is 0 Å². The van der Waals surface area contributed by atoms with Crippen molar-refractivity contribution in [1.29, 1.82) is 0 Å². The number of nitrogens with zero attached hydrogens (tertiary/aromatic N) is 1. The Bertz CT molecular complexity index is 1260. The number of aromatic nitrogens is 1. The van der Waals surface area contributed by atoms with Gasteiger partial charge in [0.2, 0.25) is 5.91 Å². The topological polar surface area (TPSA) is 79.3 Å². The van der Waals surface area contributed by atoms with Gasteiger partial charge < -0.3 is 10.4 Å². The highest BCUT2D eigenvalue weighted by atomic mass is 32.1. The van der Waals surface area contributed by atoms with Crippen LogP contribution in [0.15, 0.2) is 78.9 Å². The summed E-state index contributed by atoms with van der Waals surface area (Å²) in [7, 11) is 0. The summed E-state index contributed by atoms with van der Waals surface area (Å²) in [5.74, 6) is -1.10. The standard InChI is InChI=1S/C25H20N2O3S/c28-23(26-16-18-6-4-5-17(13-18)9-12-25(29)30)15-24-27-21-11-10-20(14-22(21)31-24)19-7-2-1-3-8-19/h1-14H,15-16H2,(H,26,28)(H,29,30)/b12-9+. The second-order valence-electron chi connectivity index (χ2n) is 7.03. The monoisotopic (exact) mass is 428 g/mol.